The first-order valence-corrected chi connectivity index (χ1v) is 6.87. The molecule has 8 heteroatoms. The fourth-order valence-electron chi connectivity index (χ4n) is 2.01. The van der Waals surface area contributed by atoms with Crippen molar-refractivity contribution in [3.63, 3.8) is 0 Å². The Labute approximate surface area is 170 Å². The van der Waals surface area contributed by atoms with Crippen molar-refractivity contribution < 1.29 is 67.5 Å². The Morgan fingerprint density at radius 1 is 1.48 bits per heavy atom. The summed E-state index contributed by atoms with van der Waals surface area (Å²) in [5.74, 6) is -1.53. The van der Waals surface area contributed by atoms with Crippen LogP contribution < -0.4 is 4.90 Å². The summed E-state index contributed by atoms with van der Waals surface area (Å²) in [5, 5.41) is 0. The van der Waals surface area contributed by atoms with Crippen molar-refractivity contribution in [2.24, 2.45) is 0 Å². The van der Waals surface area contributed by atoms with Crippen LogP contribution in [0.3, 0.4) is 0 Å². The molecule has 2 rings (SSSR count). The van der Waals surface area contributed by atoms with Gasteiger partial charge >= 0.3 is 12.1 Å². The quantitative estimate of drug-likeness (QED) is 0.557. The van der Waals surface area contributed by atoms with E-state index in [-0.39, 0.29) is 68.4 Å². The predicted octanol–water partition coefficient (Wildman–Crippen LogP) is 3.16. The Bertz CT molecular complexity index is 604. The molecule has 1 aliphatic heterocycles. The standard InChI is InChI=1S/C15H18FN2O4.Ac/c1-15(2,3)22-13(19)11-5-4-9(6-12(11)16)18-8-10(7-17)21-14(18)20;/h4-6,10,17H,7-8H2,1-3H3;/q-1;/t10-;/m0./s1. The van der Waals surface area contributed by atoms with E-state index in [0.29, 0.717) is 0 Å². The summed E-state index contributed by atoms with van der Waals surface area (Å²) in [6.45, 7) is 5.21. The number of cyclic esters (lactones) is 1. The molecule has 123 valence electrons. The monoisotopic (exact) mass is 536 g/mol. The first-order chi connectivity index (χ1) is 10.2. The van der Waals surface area contributed by atoms with Gasteiger partial charge < -0.3 is 15.2 Å². The van der Waals surface area contributed by atoms with E-state index in [1.807, 2.05) is 0 Å². The molecule has 1 fully saturated rings. The third kappa shape index (κ3) is 5.13. The van der Waals surface area contributed by atoms with E-state index in [9.17, 15) is 14.0 Å². The van der Waals surface area contributed by atoms with E-state index < -0.39 is 29.6 Å². The summed E-state index contributed by atoms with van der Waals surface area (Å²) in [7, 11) is 0. The van der Waals surface area contributed by atoms with Crippen LogP contribution in [0.5, 0.6) is 0 Å². The molecule has 1 aromatic carbocycles. The van der Waals surface area contributed by atoms with Crippen LogP contribution in [0, 0.1) is 49.9 Å². The predicted molar refractivity (Wildman–Crippen MR) is 78.4 cm³/mol. The average Bonchev–Trinajstić information content (AvgIpc) is 2.77. The zero-order chi connectivity index (χ0) is 16.5. The second kappa shape index (κ2) is 7.91. The van der Waals surface area contributed by atoms with E-state index in [0.717, 1.165) is 6.07 Å². The molecule has 1 heterocycles. The number of benzene rings is 1. The van der Waals surface area contributed by atoms with E-state index in [2.05, 4.69) is 0 Å². The maximum Gasteiger partial charge on any atom is 0.414 e. The molecule has 0 aromatic heterocycles. The van der Waals surface area contributed by atoms with Crippen LogP contribution in [0.4, 0.5) is 14.9 Å². The number of hydrogen-bond acceptors (Lipinski definition) is 4. The van der Waals surface area contributed by atoms with Crippen molar-refractivity contribution >= 4 is 17.7 Å². The molecular weight excluding hydrogens is 518 g/mol. The molecule has 1 saturated heterocycles. The number of halogens is 1. The Balaban J connectivity index is 0.00000264. The largest absolute Gasteiger partial charge is 0.674 e. The average molecular weight is 536 g/mol. The first kappa shape index (κ1) is 20.3. The van der Waals surface area contributed by atoms with E-state index >= 15 is 0 Å². The molecule has 1 radical (unpaired) electrons. The maximum absolute atomic E-state index is 14.1. The molecular formula is C15H18AcFN2O4-. The number of anilines is 1. The van der Waals surface area contributed by atoms with E-state index in [4.69, 9.17) is 15.2 Å². The van der Waals surface area contributed by atoms with Gasteiger partial charge in [0, 0.05) is 44.1 Å². The number of nitrogens with one attached hydrogen (secondary N) is 1. The van der Waals surface area contributed by atoms with Crippen LogP contribution in [-0.4, -0.2) is 36.9 Å². The van der Waals surface area contributed by atoms with Crippen molar-refractivity contribution in [2.75, 3.05) is 18.0 Å². The fourth-order valence-corrected chi connectivity index (χ4v) is 2.01. The summed E-state index contributed by atoms with van der Waals surface area (Å²) >= 11 is 0. The SMILES string of the molecule is CC(C)(C)OC(=O)c1ccc(N2C[C@H](C[NH-])OC2=O)cc1F.[Ac]. The molecule has 0 unspecified atom stereocenters. The number of rotatable bonds is 3. The maximum atomic E-state index is 14.1. The second-order valence-corrected chi connectivity index (χ2v) is 5.99. The van der Waals surface area contributed by atoms with Gasteiger partial charge in [-0.1, -0.05) is 0 Å². The molecule has 0 saturated carbocycles. The number of ether oxygens (including phenoxy) is 2. The summed E-state index contributed by atoms with van der Waals surface area (Å²) in [4.78, 5) is 24.8. The summed E-state index contributed by atoms with van der Waals surface area (Å²) in [6.07, 6.45) is -1.15. The van der Waals surface area contributed by atoms with Gasteiger partial charge in [-0.25, -0.2) is 14.0 Å². The minimum absolute atomic E-state index is 0. The number of esters is 1. The molecule has 6 nitrogen and oxygen atoms in total. The van der Waals surface area contributed by atoms with Crippen molar-refractivity contribution in [3.8, 4) is 0 Å². The van der Waals surface area contributed by atoms with Crippen LogP contribution in [0.2, 0.25) is 0 Å². The third-order valence-corrected chi connectivity index (χ3v) is 2.98. The molecule has 1 atom stereocenters. The van der Waals surface area contributed by atoms with Crippen molar-refractivity contribution in [1.82, 2.24) is 0 Å². The van der Waals surface area contributed by atoms with Gasteiger partial charge in [0.15, 0.2) is 0 Å². The second-order valence-electron chi connectivity index (χ2n) is 5.99. The molecule has 0 bridgehead atoms. The fraction of sp³-hybridized carbons (Fsp3) is 0.467. The van der Waals surface area contributed by atoms with Gasteiger partial charge in [-0.05, 0) is 39.0 Å². The molecule has 1 N–H and O–H groups in total. The van der Waals surface area contributed by atoms with Gasteiger partial charge in [-0.3, -0.25) is 4.90 Å². The normalized spacial score (nSPS) is 17.5. The van der Waals surface area contributed by atoms with Crippen LogP contribution >= 0.6 is 0 Å². The topological polar surface area (TPSA) is 79.6 Å². The number of amides is 1. The van der Waals surface area contributed by atoms with Gasteiger partial charge in [0.05, 0.1) is 17.8 Å². The number of nitrogens with zero attached hydrogens (tertiary/aromatic N) is 1. The molecule has 23 heavy (non-hydrogen) atoms. The summed E-state index contributed by atoms with van der Waals surface area (Å²) in [5.41, 5.74) is 6.59. The van der Waals surface area contributed by atoms with Gasteiger partial charge in [0.25, 0.3) is 0 Å². The minimum Gasteiger partial charge on any atom is -0.674 e. The molecule has 0 aliphatic carbocycles. The van der Waals surface area contributed by atoms with Crippen LogP contribution in [0.25, 0.3) is 5.73 Å². The van der Waals surface area contributed by atoms with Gasteiger partial charge in [-0.15, -0.1) is 6.54 Å². The van der Waals surface area contributed by atoms with Crippen molar-refractivity contribution in [1.29, 1.82) is 0 Å². The Morgan fingerprint density at radius 2 is 2.13 bits per heavy atom. The van der Waals surface area contributed by atoms with Crippen LogP contribution in [0.1, 0.15) is 31.1 Å². The van der Waals surface area contributed by atoms with E-state index in [1.54, 1.807) is 20.8 Å². The Hall–Kier alpha value is -0.708. The van der Waals surface area contributed by atoms with Crippen LogP contribution in [-0.2, 0) is 9.47 Å². The Kier molecular flexibility index (Phi) is 6.99. The van der Waals surface area contributed by atoms with Gasteiger partial charge in [-0.2, -0.15) is 0 Å². The zero-order valence-corrected chi connectivity index (χ0v) is 18.0. The van der Waals surface area contributed by atoms with Crippen molar-refractivity contribution in [2.45, 2.75) is 32.5 Å². The molecule has 1 aromatic rings. The van der Waals surface area contributed by atoms with Gasteiger partial charge in [0.1, 0.15) is 17.5 Å². The summed E-state index contributed by atoms with van der Waals surface area (Å²) < 4.78 is 24.2. The zero-order valence-electron chi connectivity index (χ0n) is 13.3. The van der Waals surface area contributed by atoms with Gasteiger partial charge in [0.2, 0.25) is 0 Å². The number of hydrogen-bond donors (Lipinski definition) is 0. The summed E-state index contributed by atoms with van der Waals surface area (Å²) in [6, 6.07) is 3.82. The smallest absolute Gasteiger partial charge is 0.414 e. The molecule has 1 aliphatic rings. The third-order valence-electron chi connectivity index (χ3n) is 2.98. The number of carbonyl (C=O) groups is 2. The van der Waals surface area contributed by atoms with Crippen molar-refractivity contribution in [3.05, 3.63) is 35.3 Å². The molecule has 1 amide bonds. The van der Waals surface area contributed by atoms with E-state index in [1.165, 1.54) is 17.0 Å². The molecule has 0 spiro atoms. The Morgan fingerprint density at radius 3 is 2.61 bits per heavy atom. The number of carbonyl (C=O) groups excluding carboxylic acids is 2. The van der Waals surface area contributed by atoms with Crippen LogP contribution in [0.15, 0.2) is 18.2 Å². The minimum atomic E-state index is -0.770. The first-order valence-electron chi connectivity index (χ1n) is 6.87.